The van der Waals surface area contributed by atoms with Gasteiger partial charge in [0.05, 0.1) is 17.7 Å². The molecular weight excluding hydrogens is 338 g/mol. The van der Waals surface area contributed by atoms with E-state index in [1.54, 1.807) is 12.1 Å². The van der Waals surface area contributed by atoms with Gasteiger partial charge in [-0.3, -0.25) is 4.79 Å². The van der Waals surface area contributed by atoms with Crippen LogP contribution in [0.15, 0.2) is 60.9 Å². The molecule has 1 saturated heterocycles. The van der Waals surface area contributed by atoms with E-state index in [2.05, 4.69) is 21.7 Å². The Morgan fingerprint density at radius 1 is 0.963 bits per heavy atom. The molecule has 4 rings (SSSR count). The maximum Gasteiger partial charge on any atom is 0.222 e. The Kier molecular flexibility index (Phi) is 4.92. The predicted octanol–water partition coefficient (Wildman–Crippen LogP) is 3.94. The highest BCUT2D eigenvalue weighted by atomic mass is 16.3. The summed E-state index contributed by atoms with van der Waals surface area (Å²) in [5, 5.41) is 9.64. The van der Waals surface area contributed by atoms with Crippen LogP contribution in [0.25, 0.3) is 22.5 Å². The van der Waals surface area contributed by atoms with Crippen LogP contribution in [0, 0.1) is 0 Å². The van der Waals surface area contributed by atoms with E-state index in [1.807, 2.05) is 41.6 Å². The first-order valence-corrected chi connectivity index (χ1v) is 9.40. The van der Waals surface area contributed by atoms with Gasteiger partial charge in [0.2, 0.25) is 5.91 Å². The molecule has 0 aliphatic carbocycles. The van der Waals surface area contributed by atoms with E-state index in [9.17, 15) is 9.90 Å². The van der Waals surface area contributed by atoms with Crippen molar-refractivity contribution in [1.82, 2.24) is 14.5 Å². The molecule has 0 spiro atoms. The molecule has 2 aromatic carbocycles. The second-order valence-corrected chi connectivity index (χ2v) is 6.89. The van der Waals surface area contributed by atoms with E-state index in [-0.39, 0.29) is 11.7 Å². The molecule has 1 amide bonds. The fourth-order valence-corrected chi connectivity index (χ4v) is 3.65. The number of rotatable bonds is 6. The Bertz CT molecular complexity index is 916. The average Bonchev–Trinajstić information content (AvgIpc) is 3.30. The lowest BCUT2D eigenvalue weighted by molar-refractivity contribution is -0.127. The molecule has 3 aromatic rings. The van der Waals surface area contributed by atoms with Crippen LogP contribution >= 0.6 is 0 Å². The van der Waals surface area contributed by atoms with Crippen molar-refractivity contribution in [2.24, 2.45) is 0 Å². The Labute approximate surface area is 158 Å². The number of aromatic nitrogens is 2. The maximum atomic E-state index is 11.8. The lowest BCUT2D eigenvalue weighted by Crippen LogP contribution is -2.26. The van der Waals surface area contributed by atoms with Gasteiger partial charge >= 0.3 is 0 Å². The minimum absolute atomic E-state index is 0.249. The molecule has 0 radical (unpaired) electrons. The van der Waals surface area contributed by atoms with Crippen LogP contribution in [-0.2, 0) is 11.3 Å². The number of phenolic OH excluding ortho intramolecular Hbond substituents is 1. The lowest BCUT2D eigenvalue weighted by Gasteiger charge is -2.16. The van der Waals surface area contributed by atoms with Crippen molar-refractivity contribution in [3.05, 3.63) is 60.9 Å². The molecule has 1 aliphatic heterocycles. The molecule has 0 atom stereocenters. The Hall–Kier alpha value is -3.08. The van der Waals surface area contributed by atoms with E-state index in [1.165, 1.54) is 0 Å². The van der Waals surface area contributed by atoms with Gasteiger partial charge in [0, 0.05) is 37.2 Å². The number of aromatic hydroxyl groups is 1. The number of likely N-dealkylation sites (tertiary alicyclic amines) is 1. The first kappa shape index (κ1) is 17.3. The third-order valence-electron chi connectivity index (χ3n) is 5.02. The summed E-state index contributed by atoms with van der Waals surface area (Å²) >= 11 is 0. The lowest BCUT2D eigenvalue weighted by atomic mass is 10.0. The summed E-state index contributed by atoms with van der Waals surface area (Å²) in [6.07, 6.45) is 4.42. The van der Waals surface area contributed by atoms with Crippen molar-refractivity contribution in [3.8, 4) is 28.3 Å². The Balaban J connectivity index is 1.61. The van der Waals surface area contributed by atoms with Gasteiger partial charge in [-0.25, -0.2) is 4.98 Å². The maximum absolute atomic E-state index is 11.8. The van der Waals surface area contributed by atoms with Crippen molar-refractivity contribution in [1.29, 1.82) is 0 Å². The van der Waals surface area contributed by atoms with Crippen molar-refractivity contribution >= 4 is 5.91 Å². The number of carbonyl (C=O) groups is 1. The van der Waals surface area contributed by atoms with Crippen molar-refractivity contribution < 1.29 is 9.90 Å². The first-order valence-electron chi connectivity index (χ1n) is 9.40. The molecule has 0 unspecified atom stereocenters. The molecular formula is C22H23N3O2. The zero-order valence-electron chi connectivity index (χ0n) is 15.2. The smallest absolute Gasteiger partial charge is 0.222 e. The number of aryl methyl sites for hydroxylation is 1. The van der Waals surface area contributed by atoms with Gasteiger partial charge in [0.15, 0.2) is 0 Å². The number of amides is 1. The SMILES string of the molecule is O=C1CCCN1CCCn1cnc(-c2ccccc2)c1-c1ccc(O)cc1. The van der Waals surface area contributed by atoms with Gasteiger partial charge in [-0.1, -0.05) is 30.3 Å². The summed E-state index contributed by atoms with van der Waals surface area (Å²) in [6, 6.07) is 17.3. The topological polar surface area (TPSA) is 58.4 Å². The monoisotopic (exact) mass is 361 g/mol. The summed E-state index contributed by atoms with van der Waals surface area (Å²) in [4.78, 5) is 18.4. The van der Waals surface area contributed by atoms with E-state index >= 15 is 0 Å². The van der Waals surface area contributed by atoms with Crippen LogP contribution < -0.4 is 0 Å². The van der Waals surface area contributed by atoms with Gasteiger partial charge in [-0.2, -0.15) is 0 Å². The molecule has 2 heterocycles. The number of imidazole rings is 1. The minimum Gasteiger partial charge on any atom is -0.508 e. The van der Waals surface area contributed by atoms with E-state index in [0.717, 1.165) is 55.0 Å². The van der Waals surface area contributed by atoms with Crippen LogP contribution in [0.5, 0.6) is 5.75 Å². The molecule has 0 bridgehead atoms. The molecule has 1 N–H and O–H groups in total. The van der Waals surface area contributed by atoms with Gasteiger partial charge in [0.25, 0.3) is 0 Å². The van der Waals surface area contributed by atoms with Gasteiger partial charge in [0.1, 0.15) is 5.75 Å². The summed E-state index contributed by atoms with van der Waals surface area (Å²) in [6.45, 7) is 2.45. The van der Waals surface area contributed by atoms with Gasteiger partial charge in [-0.15, -0.1) is 0 Å². The largest absolute Gasteiger partial charge is 0.508 e. The summed E-state index contributed by atoms with van der Waals surface area (Å²) < 4.78 is 2.15. The van der Waals surface area contributed by atoms with Crippen molar-refractivity contribution in [2.45, 2.75) is 25.8 Å². The highest BCUT2D eigenvalue weighted by Gasteiger charge is 2.20. The Morgan fingerprint density at radius 3 is 2.44 bits per heavy atom. The fourth-order valence-electron chi connectivity index (χ4n) is 3.65. The molecule has 1 aromatic heterocycles. The molecule has 5 nitrogen and oxygen atoms in total. The second-order valence-electron chi connectivity index (χ2n) is 6.89. The first-order chi connectivity index (χ1) is 13.2. The zero-order chi connectivity index (χ0) is 18.6. The van der Waals surface area contributed by atoms with Crippen LogP contribution in [0.2, 0.25) is 0 Å². The van der Waals surface area contributed by atoms with Gasteiger partial charge < -0.3 is 14.6 Å². The van der Waals surface area contributed by atoms with E-state index < -0.39 is 0 Å². The second kappa shape index (κ2) is 7.66. The number of phenols is 1. The normalized spacial score (nSPS) is 14.1. The number of nitrogens with zero attached hydrogens (tertiary/aromatic N) is 3. The molecule has 138 valence electrons. The van der Waals surface area contributed by atoms with Crippen LogP contribution in [0.3, 0.4) is 0 Å². The van der Waals surface area contributed by atoms with Crippen LogP contribution in [-0.4, -0.2) is 38.6 Å². The highest BCUT2D eigenvalue weighted by molar-refractivity contribution is 5.79. The summed E-state index contributed by atoms with van der Waals surface area (Å²) in [7, 11) is 0. The Morgan fingerprint density at radius 2 is 1.74 bits per heavy atom. The molecule has 1 fully saturated rings. The van der Waals surface area contributed by atoms with Crippen molar-refractivity contribution in [3.63, 3.8) is 0 Å². The molecule has 5 heteroatoms. The summed E-state index contributed by atoms with van der Waals surface area (Å²) in [5.41, 5.74) is 4.04. The number of carbonyl (C=O) groups excluding carboxylic acids is 1. The third kappa shape index (κ3) is 3.72. The van der Waals surface area contributed by atoms with Crippen molar-refractivity contribution in [2.75, 3.05) is 13.1 Å². The number of benzene rings is 2. The predicted molar refractivity (Wildman–Crippen MR) is 105 cm³/mol. The third-order valence-corrected chi connectivity index (χ3v) is 5.02. The van der Waals surface area contributed by atoms with E-state index in [0.29, 0.717) is 6.42 Å². The fraction of sp³-hybridized carbons (Fsp3) is 0.273. The molecule has 0 saturated carbocycles. The van der Waals surface area contributed by atoms with Crippen LogP contribution in [0.4, 0.5) is 0 Å². The summed E-state index contributed by atoms with van der Waals surface area (Å²) in [5.74, 6) is 0.517. The average molecular weight is 361 g/mol. The highest BCUT2D eigenvalue weighted by Crippen LogP contribution is 2.32. The number of hydrogen-bond donors (Lipinski definition) is 1. The van der Waals surface area contributed by atoms with Gasteiger partial charge in [-0.05, 0) is 37.1 Å². The number of hydrogen-bond acceptors (Lipinski definition) is 3. The molecule has 1 aliphatic rings. The zero-order valence-corrected chi connectivity index (χ0v) is 15.2. The molecule has 27 heavy (non-hydrogen) atoms. The van der Waals surface area contributed by atoms with E-state index in [4.69, 9.17) is 0 Å². The quantitative estimate of drug-likeness (QED) is 0.724. The van der Waals surface area contributed by atoms with Crippen LogP contribution in [0.1, 0.15) is 19.3 Å². The minimum atomic E-state index is 0.249. The standard InChI is InChI=1S/C22H23N3O2/c26-19-11-9-18(10-12-19)22-21(17-6-2-1-3-7-17)23-16-25(22)15-5-14-24-13-4-8-20(24)27/h1-3,6-7,9-12,16,26H,4-5,8,13-15H2.